The first-order valence-electron chi connectivity index (χ1n) is 13.8. The number of aryl methyl sites for hydroxylation is 1. The molecule has 1 unspecified atom stereocenters. The molecule has 1 aromatic carbocycles. The lowest BCUT2D eigenvalue weighted by Crippen LogP contribution is -2.38. The number of rotatable bonds is 7. The van der Waals surface area contributed by atoms with Crippen LogP contribution in [0.25, 0.3) is 5.57 Å². The second-order valence-electron chi connectivity index (χ2n) is 10.9. The Morgan fingerprint density at radius 1 is 1.05 bits per heavy atom. The molecule has 5 rings (SSSR count). The molecule has 1 atom stereocenters. The number of piperidine rings is 1. The smallest absolute Gasteiger partial charge is 0.329 e. The van der Waals surface area contributed by atoms with Gasteiger partial charge in [-0.3, -0.25) is 4.79 Å². The molecule has 216 valence electrons. The zero-order valence-electron chi connectivity index (χ0n) is 22.4. The molecule has 1 amide bonds. The Hall–Kier alpha value is -3.24. The van der Waals surface area contributed by atoms with Gasteiger partial charge in [-0.15, -0.1) is 0 Å². The summed E-state index contributed by atoms with van der Waals surface area (Å²) in [7, 11) is 0. The number of allylic oxidation sites excluding steroid dienone is 2. The van der Waals surface area contributed by atoms with E-state index in [0.717, 1.165) is 49.4 Å². The number of nitrogens with zero attached hydrogens (tertiary/aromatic N) is 4. The maximum absolute atomic E-state index is 14.9. The number of aromatic nitrogens is 2. The molecule has 0 N–H and O–H groups in total. The van der Waals surface area contributed by atoms with Crippen LogP contribution < -0.4 is 9.64 Å². The van der Waals surface area contributed by atoms with Crippen molar-refractivity contribution in [3.05, 3.63) is 53.6 Å². The van der Waals surface area contributed by atoms with Gasteiger partial charge in [0.15, 0.2) is 11.6 Å². The van der Waals surface area contributed by atoms with Gasteiger partial charge >= 0.3 is 11.8 Å². The third-order valence-electron chi connectivity index (χ3n) is 8.16. The van der Waals surface area contributed by atoms with Crippen LogP contribution in [-0.4, -0.2) is 65.4 Å². The predicted molar refractivity (Wildman–Crippen MR) is 140 cm³/mol. The van der Waals surface area contributed by atoms with Gasteiger partial charge in [0, 0.05) is 31.4 Å². The average molecular weight is 565 g/mol. The van der Waals surface area contributed by atoms with Gasteiger partial charge in [0.2, 0.25) is 11.9 Å². The third-order valence-corrected chi connectivity index (χ3v) is 8.16. The van der Waals surface area contributed by atoms with Crippen LogP contribution in [0.15, 0.2) is 36.7 Å². The van der Waals surface area contributed by atoms with Gasteiger partial charge < -0.3 is 14.5 Å². The monoisotopic (exact) mass is 564 g/mol. The highest BCUT2D eigenvalue weighted by atomic mass is 19.3. The van der Waals surface area contributed by atoms with Gasteiger partial charge in [-0.25, -0.2) is 14.4 Å². The molecule has 11 heteroatoms. The zero-order valence-corrected chi connectivity index (χ0v) is 22.4. The Kier molecular flexibility index (Phi) is 8.01. The summed E-state index contributed by atoms with van der Waals surface area (Å²) in [5, 5.41) is 0. The molecule has 3 heterocycles. The van der Waals surface area contributed by atoms with Crippen LogP contribution >= 0.6 is 0 Å². The number of benzene rings is 1. The number of hydrogen-bond donors (Lipinski definition) is 0. The number of likely N-dealkylation sites (tertiary alicyclic amines) is 1. The Morgan fingerprint density at radius 2 is 1.73 bits per heavy atom. The molecule has 6 nitrogen and oxygen atoms in total. The fourth-order valence-electron chi connectivity index (χ4n) is 5.52. The summed E-state index contributed by atoms with van der Waals surface area (Å²) in [6, 6.07) is 4.74. The fourth-order valence-corrected chi connectivity index (χ4v) is 5.52. The molecular formula is C29H33F5N4O2. The van der Waals surface area contributed by atoms with Gasteiger partial charge in [0.1, 0.15) is 0 Å². The summed E-state index contributed by atoms with van der Waals surface area (Å²) >= 11 is 0. The first kappa shape index (κ1) is 28.3. The van der Waals surface area contributed by atoms with Crippen LogP contribution in [0.1, 0.15) is 50.2 Å². The lowest BCUT2D eigenvalue weighted by Gasteiger charge is -2.31. The van der Waals surface area contributed by atoms with Crippen LogP contribution in [0.2, 0.25) is 0 Å². The first-order chi connectivity index (χ1) is 19.1. The summed E-state index contributed by atoms with van der Waals surface area (Å²) in [5.41, 5.74) is 2.58. The Morgan fingerprint density at radius 3 is 2.30 bits per heavy atom. The van der Waals surface area contributed by atoms with Gasteiger partial charge in [0.05, 0.1) is 19.7 Å². The van der Waals surface area contributed by atoms with Crippen molar-refractivity contribution in [2.24, 2.45) is 11.8 Å². The molecule has 0 radical (unpaired) electrons. The van der Waals surface area contributed by atoms with E-state index in [1.165, 1.54) is 6.07 Å². The van der Waals surface area contributed by atoms with E-state index in [1.54, 1.807) is 18.2 Å². The standard InChI is InChI=1S/C29H33F5N4O2/c1-2-19-14-35-27(36-15-19)37-11-9-20(10-12-37)16-40-25-8-7-23(13-24(25)30)21-3-5-22(6-4-21)26(39)38-17-28(31,32)29(33,34)18-38/h3,7-8,13-15,20,22H,2,4-6,9-12,16-18H2,1H3. The van der Waals surface area contributed by atoms with Gasteiger partial charge in [-0.2, -0.15) is 17.6 Å². The lowest BCUT2D eigenvalue weighted by molar-refractivity contribution is -0.172. The minimum absolute atomic E-state index is 0.171. The molecule has 2 saturated heterocycles. The van der Waals surface area contributed by atoms with Crippen LogP contribution in [0.3, 0.4) is 0 Å². The number of anilines is 1. The summed E-state index contributed by atoms with van der Waals surface area (Å²) < 4.78 is 74.7. The molecule has 1 aliphatic carbocycles. The average Bonchev–Trinajstić information content (AvgIpc) is 3.18. The van der Waals surface area contributed by atoms with Crippen molar-refractivity contribution in [3.63, 3.8) is 0 Å². The Labute approximate surface area is 230 Å². The minimum atomic E-state index is -4.22. The highest BCUT2D eigenvalue weighted by Crippen LogP contribution is 2.42. The number of carbonyl (C=O) groups is 1. The van der Waals surface area contributed by atoms with Crippen LogP contribution in [-0.2, 0) is 11.2 Å². The largest absolute Gasteiger partial charge is 0.490 e. The van der Waals surface area contributed by atoms with Gasteiger partial charge in [-0.1, -0.05) is 19.1 Å². The molecule has 0 bridgehead atoms. The number of halogens is 5. The van der Waals surface area contributed by atoms with E-state index in [4.69, 9.17) is 4.74 Å². The van der Waals surface area contributed by atoms with E-state index in [9.17, 15) is 26.7 Å². The molecule has 2 aliphatic heterocycles. The maximum atomic E-state index is 14.9. The molecular weight excluding hydrogens is 531 g/mol. The van der Waals surface area contributed by atoms with E-state index in [0.29, 0.717) is 29.9 Å². The van der Waals surface area contributed by atoms with E-state index in [-0.39, 0.29) is 18.1 Å². The first-order valence-corrected chi connectivity index (χ1v) is 13.8. The molecule has 40 heavy (non-hydrogen) atoms. The minimum Gasteiger partial charge on any atom is -0.490 e. The molecule has 2 fully saturated rings. The number of ether oxygens (including phenoxy) is 1. The van der Waals surface area contributed by atoms with E-state index in [2.05, 4.69) is 21.8 Å². The van der Waals surface area contributed by atoms with Crippen molar-refractivity contribution in [2.75, 3.05) is 37.7 Å². The SMILES string of the molecule is CCc1cnc(N2CCC(COc3ccc(C4=CCC(C(=O)N5CC(F)(F)C(F)(F)C5)CC4)cc3F)CC2)nc1. The lowest BCUT2D eigenvalue weighted by atomic mass is 9.86. The second kappa shape index (κ2) is 11.3. The number of hydrogen-bond acceptors (Lipinski definition) is 5. The Bertz CT molecular complexity index is 1230. The van der Waals surface area contributed by atoms with Crippen molar-refractivity contribution in [3.8, 4) is 5.75 Å². The summed E-state index contributed by atoms with van der Waals surface area (Å²) in [6.07, 6.45) is 9.11. The van der Waals surface area contributed by atoms with Crippen molar-refractivity contribution in [2.45, 2.75) is 57.3 Å². The van der Waals surface area contributed by atoms with Crippen molar-refractivity contribution in [1.29, 1.82) is 0 Å². The summed E-state index contributed by atoms with van der Waals surface area (Å²) in [4.78, 5) is 24.2. The van der Waals surface area contributed by atoms with Crippen molar-refractivity contribution < 1.29 is 31.5 Å². The number of carbonyl (C=O) groups excluding carboxylic acids is 1. The second-order valence-corrected chi connectivity index (χ2v) is 10.9. The van der Waals surface area contributed by atoms with Crippen molar-refractivity contribution in [1.82, 2.24) is 14.9 Å². The van der Waals surface area contributed by atoms with E-state index < -0.39 is 42.6 Å². The molecule has 1 aromatic heterocycles. The zero-order chi connectivity index (χ0) is 28.5. The van der Waals surface area contributed by atoms with Crippen LogP contribution in [0.4, 0.5) is 27.9 Å². The third kappa shape index (κ3) is 5.93. The van der Waals surface area contributed by atoms with Crippen molar-refractivity contribution >= 4 is 17.4 Å². The Balaban J connectivity index is 1.11. The van der Waals surface area contributed by atoms with Crippen LogP contribution in [0, 0.1) is 17.7 Å². The fraction of sp³-hybridized carbons (Fsp3) is 0.552. The quantitative estimate of drug-likeness (QED) is 0.400. The van der Waals surface area contributed by atoms with Gasteiger partial charge in [0.25, 0.3) is 0 Å². The van der Waals surface area contributed by atoms with E-state index >= 15 is 0 Å². The maximum Gasteiger partial charge on any atom is 0.329 e. The van der Waals surface area contributed by atoms with E-state index in [1.807, 2.05) is 12.4 Å². The highest BCUT2D eigenvalue weighted by Gasteiger charge is 2.64. The molecule has 3 aliphatic rings. The highest BCUT2D eigenvalue weighted by molar-refractivity contribution is 5.81. The predicted octanol–water partition coefficient (Wildman–Crippen LogP) is 5.77. The summed E-state index contributed by atoms with van der Waals surface area (Å²) in [5.74, 6) is -9.06. The van der Waals surface area contributed by atoms with Crippen LogP contribution in [0.5, 0.6) is 5.75 Å². The molecule has 2 aromatic rings. The van der Waals surface area contributed by atoms with Gasteiger partial charge in [-0.05, 0) is 73.3 Å². The molecule has 0 saturated carbocycles. The number of amides is 1. The molecule has 0 spiro atoms. The topological polar surface area (TPSA) is 58.6 Å². The summed E-state index contributed by atoms with van der Waals surface area (Å²) in [6.45, 7) is 1.55. The normalized spacial score (nSPS) is 22.8. The number of alkyl halides is 4.